The molecule has 0 radical (unpaired) electrons. The Kier molecular flexibility index (Phi) is 49.8. The number of hydrogen-bond acceptors (Lipinski definition) is 8. The van der Waals surface area contributed by atoms with Gasteiger partial charge >= 0.3 is 19.8 Å². The summed E-state index contributed by atoms with van der Waals surface area (Å²) in [6, 6.07) is 0. The number of allylic oxidation sites excluding steroid dienone is 12. The molecule has 0 amide bonds. The summed E-state index contributed by atoms with van der Waals surface area (Å²) >= 11 is 0. The molecular weight excluding hydrogens is 846 g/mol. The quantitative estimate of drug-likeness (QED) is 0.0264. The highest BCUT2D eigenvalue weighted by Gasteiger charge is 2.26. The second-order valence-corrected chi connectivity index (χ2v) is 19.2. The molecule has 0 aromatic rings. The normalized spacial score (nSPS) is 13.7. The molecule has 0 heterocycles. The molecule has 0 aromatic heterocycles. The maximum atomic E-state index is 12.7. The van der Waals surface area contributed by atoms with Crippen LogP contribution in [0.5, 0.6) is 0 Å². The van der Waals surface area contributed by atoms with Gasteiger partial charge in [-0.2, -0.15) is 0 Å². The van der Waals surface area contributed by atoms with Crippen LogP contribution in [0.2, 0.25) is 0 Å². The molecule has 0 saturated heterocycles. The van der Waals surface area contributed by atoms with Crippen LogP contribution in [0.25, 0.3) is 0 Å². The lowest BCUT2D eigenvalue weighted by atomic mass is 10.0. The summed E-state index contributed by atoms with van der Waals surface area (Å²) in [6.07, 6.45) is 65.3. The molecule has 66 heavy (non-hydrogen) atoms. The van der Waals surface area contributed by atoms with E-state index >= 15 is 0 Å². The van der Waals surface area contributed by atoms with Crippen LogP contribution in [0, 0.1) is 0 Å². The number of rotatable bonds is 50. The molecule has 0 aliphatic carbocycles. The van der Waals surface area contributed by atoms with Crippen LogP contribution < -0.4 is 5.73 Å². The van der Waals surface area contributed by atoms with E-state index in [2.05, 4.69) is 86.8 Å². The molecule has 0 aromatic carbocycles. The van der Waals surface area contributed by atoms with Gasteiger partial charge in [-0.3, -0.25) is 18.6 Å². The van der Waals surface area contributed by atoms with E-state index in [1.165, 1.54) is 128 Å². The van der Waals surface area contributed by atoms with Gasteiger partial charge in [-0.05, 0) is 64.2 Å². The molecule has 0 fully saturated rings. The Morgan fingerprint density at radius 1 is 0.470 bits per heavy atom. The third-order valence-corrected chi connectivity index (χ3v) is 12.3. The van der Waals surface area contributed by atoms with E-state index in [1.807, 2.05) is 0 Å². The number of ether oxygens (including phenoxy) is 2. The first-order valence-corrected chi connectivity index (χ1v) is 28.4. The van der Waals surface area contributed by atoms with Crippen molar-refractivity contribution >= 4 is 19.8 Å². The van der Waals surface area contributed by atoms with Crippen molar-refractivity contribution in [1.82, 2.24) is 0 Å². The molecule has 382 valence electrons. The van der Waals surface area contributed by atoms with E-state index in [4.69, 9.17) is 24.3 Å². The lowest BCUT2D eigenvalue weighted by molar-refractivity contribution is -0.161. The minimum absolute atomic E-state index is 0.0528. The highest BCUT2D eigenvalue weighted by Crippen LogP contribution is 2.43. The Balaban J connectivity index is 3.91. The van der Waals surface area contributed by atoms with Crippen LogP contribution in [-0.2, 0) is 32.7 Å². The number of phosphoric acid groups is 1. The average molecular weight is 946 g/mol. The second kappa shape index (κ2) is 51.8. The number of hydrogen-bond donors (Lipinski definition) is 2. The maximum Gasteiger partial charge on any atom is 0.472 e. The number of esters is 2. The fourth-order valence-corrected chi connectivity index (χ4v) is 8.17. The van der Waals surface area contributed by atoms with Crippen LogP contribution in [0.4, 0.5) is 0 Å². The van der Waals surface area contributed by atoms with Crippen LogP contribution in [0.3, 0.4) is 0 Å². The van der Waals surface area contributed by atoms with Crippen LogP contribution >= 0.6 is 7.82 Å². The van der Waals surface area contributed by atoms with Crippen molar-refractivity contribution in [3.8, 4) is 0 Å². The summed E-state index contributed by atoms with van der Waals surface area (Å²) in [7, 11) is -4.38. The standard InChI is InChI=1S/C56H100NO8P/c1-3-5-7-9-11-13-15-17-18-19-20-21-22-23-24-25-26-27-28-29-30-31-32-33-34-35-36-37-39-41-43-45-47-49-56(59)65-54(53-64-66(60,61)63-51-50-57)52-62-55(58)48-46-44-42-40-38-16-14-12-10-8-6-4-2/h5,7,11,13,17-18,20-21,23-24,26-27,54H,3-4,6,8-10,12,14-16,19,22,25,28-53,57H2,1-2H3,(H,60,61)/b7-5-,13-11-,18-17-,21-20-,24-23-,27-26-. The fraction of sp³-hybridized carbons (Fsp3) is 0.750. The van der Waals surface area contributed by atoms with Gasteiger partial charge in [0.05, 0.1) is 13.2 Å². The predicted molar refractivity (Wildman–Crippen MR) is 279 cm³/mol. The van der Waals surface area contributed by atoms with E-state index < -0.39 is 26.5 Å². The van der Waals surface area contributed by atoms with E-state index in [0.29, 0.717) is 6.42 Å². The van der Waals surface area contributed by atoms with Crippen molar-refractivity contribution in [1.29, 1.82) is 0 Å². The zero-order chi connectivity index (χ0) is 48.1. The summed E-state index contributed by atoms with van der Waals surface area (Å²) in [5.74, 6) is -0.824. The number of nitrogens with two attached hydrogens (primary N) is 1. The van der Waals surface area contributed by atoms with E-state index in [9.17, 15) is 19.0 Å². The molecule has 0 aliphatic heterocycles. The summed E-state index contributed by atoms with van der Waals surface area (Å²) in [4.78, 5) is 35.0. The van der Waals surface area contributed by atoms with E-state index in [1.54, 1.807) is 0 Å². The first-order chi connectivity index (χ1) is 32.3. The second-order valence-electron chi connectivity index (χ2n) is 17.7. The minimum Gasteiger partial charge on any atom is -0.462 e. The Morgan fingerprint density at radius 2 is 0.833 bits per heavy atom. The summed E-state index contributed by atoms with van der Waals surface area (Å²) in [6.45, 7) is 3.63. The third kappa shape index (κ3) is 50.9. The highest BCUT2D eigenvalue weighted by molar-refractivity contribution is 7.47. The summed E-state index contributed by atoms with van der Waals surface area (Å²) in [5, 5.41) is 0. The topological polar surface area (TPSA) is 134 Å². The van der Waals surface area contributed by atoms with E-state index in [0.717, 1.165) is 77.0 Å². The van der Waals surface area contributed by atoms with Gasteiger partial charge < -0.3 is 20.1 Å². The molecule has 10 heteroatoms. The Bertz CT molecular complexity index is 1310. The first kappa shape index (κ1) is 63.5. The average Bonchev–Trinajstić information content (AvgIpc) is 3.31. The molecule has 0 rings (SSSR count). The maximum absolute atomic E-state index is 12.7. The minimum atomic E-state index is -4.38. The number of carbonyl (C=O) groups excluding carboxylic acids is 2. The number of phosphoric ester groups is 1. The van der Waals surface area contributed by atoms with Crippen molar-refractivity contribution in [2.45, 2.75) is 245 Å². The van der Waals surface area contributed by atoms with Gasteiger partial charge in [-0.25, -0.2) is 4.57 Å². The fourth-order valence-electron chi connectivity index (χ4n) is 7.40. The zero-order valence-electron chi connectivity index (χ0n) is 42.4. The molecular formula is C56H100NO8P. The zero-order valence-corrected chi connectivity index (χ0v) is 43.3. The molecule has 0 spiro atoms. The van der Waals surface area contributed by atoms with Gasteiger partial charge in [-0.1, -0.05) is 234 Å². The lowest BCUT2D eigenvalue weighted by Crippen LogP contribution is -2.29. The Labute approximate surface area is 405 Å². The Morgan fingerprint density at radius 3 is 1.24 bits per heavy atom. The first-order valence-electron chi connectivity index (χ1n) is 26.9. The summed E-state index contributed by atoms with van der Waals surface area (Å²) < 4.78 is 32.9. The van der Waals surface area contributed by atoms with Gasteiger partial charge in [0, 0.05) is 19.4 Å². The molecule has 0 aliphatic rings. The van der Waals surface area contributed by atoms with Gasteiger partial charge in [0.15, 0.2) is 6.10 Å². The molecule has 3 N–H and O–H groups in total. The van der Waals surface area contributed by atoms with Crippen molar-refractivity contribution in [3.63, 3.8) is 0 Å². The third-order valence-electron chi connectivity index (χ3n) is 11.4. The van der Waals surface area contributed by atoms with Gasteiger partial charge in [0.2, 0.25) is 0 Å². The van der Waals surface area contributed by atoms with Crippen molar-refractivity contribution < 1.29 is 37.6 Å². The van der Waals surface area contributed by atoms with E-state index in [-0.39, 0.29) is 38.6 Å². The lowest BCUT2D eigenvalue weighted by Gasteiger charge is -2.19. The largest absolute Gasteiger partial charge is 0.472 e. The smallest absolute Gasteiger partial charge is 0.462 e. The van der Waals surface area contributed by atoms with Gasteiger partial charge in [0.25, 0.3) is 0 Å². The summed E-state index contributed by atoms with van der Waals surface area (Å²) in [5.41, 5.74) is 5.36. The number of unbranched alkanes of at least 4 members (excludes halogenated alkanes) is 25. The van der Waals surface area contributed by atoms with Crippen LogP contribution in [0.1, 0.15) is 239 Å². The molecule has 2 atom stereocenters. The van der Waals surface area contributed by atoms with Crippen molar-refractivity contribution in [3.05, 3.63) is 72.9 Å². The SMILES string of the molecule is CC/C=C\C/C=C\C/C=C\C/C=C\C/C=C\C/C=C\CCCCCCCCCCCCCCCCC(=O)OC(COC(=O)CCCCCCCCCCCCCC)COP(=O)(O)OCCN. The van der Waals surface area contributed by atoms with Crippen LogP contribution in [0.15, 0.2) is 72.9 Å². The molecule has 9 nitrogen and oxygen atoms in total. The number of carbonyl (C=O) groups is 2. The Hall–Kier alpha value is -2.55. The van der Waals surface area contributed by atoms with Gasteiger partial charge in [0.1, 0.15) is 6.61 Å². The molecule has 0 bridgehead atoms. The monoisotopic (exact) mass is 946 g/mol. The predicted octanol–water partition coefficient (Wildman–Crippen LogP) is 16.6. The molecule has 2 unspecified atom stereocenters. The highest BCUT2D eigenvalue weighted by atomic mass is 31.2. The van der Waals surface area contributed by atoms with Crippen LogP contribution in [-0.4, -0.2) is 49.3 Å². The van der Waals surface area contributed by atoms with Crippen molar-refractivity contribution in [2.75, 3.05) is 26.4 Å². The molecule has 0 saturated carbocycles. The van der Waals surface area contributed by atoms with Gasteiger partial charge in [-0.15, -0.1) is 0 Å². The van der Waals surface area contributed by atoms with Crippen molar-refractivity contribution in [2.24, 2.45) is 5.73 Å².